The Morgan fingerprint density at radius 2 is 1.26 bits per heavy atom. The van der Waals surface area contributed by atoms with Gasteiger partial charge in [0.1, 0.15) is 0 Å². The zero-order valence-electron chi connectivity index (χ0n) is 13.9. The Bertz CT molecular complexity index is 325. The van der Waals surface area contributed by atoms with Crippen LogP contribution in [0, 0.1) is 5.92 Å². The van der Waals surface area contributed by atoms with Crippen LogP contribution in [0.2, 0.25) is 3.12 Å². The van der Waals surface area contributed by atoms with Crippen molar-refractivity contribution in [1.82, 2.24) is 8.53 Å². The van der Waals surface area contributed by atoms with Gasteiger partial charge >= 0.3 is 126 Å². The maximum atomic E-state index is 2.54. The molecular weight excluding hydrogens is 313 g/mol. The summed E-state index contributed by atoms with van der Waals surface area (Å²) in [5.41, 5.74) is 0. The Balaban J connectivity index is 3.52. The number of hydrogen-bond acceptors (Lipinski definition) is 3. The first kappa shape index (κ1) is 17.3. The summed E-state index contributed by atoms with van der Waals surface area (Å²) in [6.45, 7) is 4.71. The Kier molecular flexibility index (Phi) is 5.77. The molecule has 1 unspecified atom stereocenters. The van der Waals surface area contributed by atoms with Crippen molar-refractivity contribution in [2.45, 2.75) is 23.4 Å². The van der Waals surface area contributed by atoms with Crippen molar-refractivity contribution >= 4 is 0 Å². The fraction of sp³-hybridized carbons (Fsp3) is 0.733. The summed E-state index contributed by atoms with van der Waals surface area (Å²) in [5, 5.41) is 0. The van der Waals surface area contributed by atoms with Crippen LogP contribution in [0.5, 0.6) is 0 Å². The molecule has 1 rings (SSSR count). The molecule has 0 aromatic rings. The average molecular weight is 345 g/mol. The number of rotatable bonds is 6. The van der Waals surface area contributed by atoms with Crippen molar-refractivity contribution in [2.75, 3.05) is 42.3 Å². The zero-order valence-corrected chi connectivity index (χ0v) is 16.4. The topological polar surface area (TPSA) is 9.72 Å². The van der Waals surface area contributed by atoms with Crippen LogP contribution in [0.3, 0.4) is 0 Å². The fourth-order valence-corrected chi connectivity index (χ4v) is 19.4. The molecule has 0 radical (unpaired) electrons. The second-order valence-electron chi connectivity index (χ2n) is 6.28. The molecule has 1 aliphatic carbocycles. The van der Waals surface area contributed by atoms with E-state index in [1.54, 1.807) is 0 Å². The molecular formula is C15H31N3Zr. The molecule has 0 N–H and O–H groups in total. The minimum atomic E-state index is -2.94. The molecule has 0 saturated heterocycles. The van der Waals surface area contributed by atoms with Crippen LogP contribution >= 0.6 is 0 Å². The fourth-order valence-electron chi connectivity index (χ4n) is 4.07. The second-order valence-corrected chi connectivity index (χ2v) is 18.1. The summed E-state index contributed by atoms with van der Waals surface area (Å²) < 4.78 is 7.84. The molecule has 4 heteroatoms. The maximum absolute atomic E-state index is 2.94. The van der Waals surface area contributed by atoms with E-state index in [9.17, 15) is 0 Å². The minimum absolute atomic E-state index is 0.208. The van der Waals surface area contributed by atoms with Crippen molar-refractivity contribution in [1.29, 1.82) is 0 Å². The summed E-state index contributed by atoms with van der Waals surface area (Å²) in [4.78, 5) is 0. The molecule has 0 fully saturated rings. The second kappa shape index (κ2) is 6.34. The van der Waals surface area contributed by atoms with Gasteiger partial charge in [-0.3, -0.25) is 0 Å². The molecule has 0 aromatic carbocycles. The van der Waals surface area contributed by atoms with Crippen molar-refractivity contribution in [3.63, 3.8) is 0 Å². The number of allylic oxidation sites excluding steroid dienone is 4. The van der Waals surface area contributed by atoms with Crippen LogP contribution in [0.4, 0.5) is 0 Å². The molecule has 0 aliphatic heterocycles. The van der Waals surface area contributed by atoms with Gasteiger partial charge in [-0.25, -0.2) is 0 Å². The van der Waals surface area contributed by atoms with Crippen LogP contribution in [-0.2, 0) is 21.1 Å². The van der Waals surface area contributed by atoms with Gasteiger partial charge in [-0.15, -0.1) is 0 Å². The van der Waals surface area contributed by atoms with Crippen molar-refractivity contribution in [3.8, 4) is 0 Å². The predicted octanol–water partition coefficient (Wildman–Crippen LogP) is 2.90. The standard InChI is InChI=1S/C9H13.3C2H6N.Zr/c1-3-8(2)9-6-4-5-7-9;3*1-3-2;/h4-8H,3H2,1-2H3;3*1-2H3;/q;3*-1;+3. The third kappa shape index (κ3) is 2.46. The Morgan fingerprint density at radius 1 is 0.895 bits per heavy atom. The van der Waals surface area contributed by atoms with E-state index in [1.165, 1.54) is 6.42 Å². The van der Waals surface area contributed by atoms with Crippen molar-refractivity contribution in [3.05, 3.63) is 24.3 Å². The van der Waals surface area contributed by atoms with Crippen LogP contribution in [0.15, 0.2) is 24.3 Å². The van der Waals surface area contributed by atoms with E-state index in [1.807, 2.05) is 0 Å². The summed E-state index contributed by atoms with van der Waals surface area (Å²) >= 11 is -2.94. The van der Waals surface area contributed by atoms with Gasteiger partial charge in [-0.05, 0) is 0 Å². The summed E-state index contributed by atoms with van der Waals surface area (Å²) in [6.07, 6.45) is 10.6. The summed E-state index contributed by atoms with van der Waals surface area (Å²) in [7, 11) is 13.6. The van der Waals surface area contributed by atoms with Crippen LogP contribution in [0.25, 0.3) is 0 Å². The molecule has 110 valence electrons. The number of nitrogens with zero attached hydrogens (tertiary/aromatic N) is 3. The molecule has 0 spiro atoms. The van der Waals surface area contributed by atoms with Gasteiger partial charge in [0.05, 0.1) is 0 Å². The normalized spacial score (nSPS) is 19.9. The third-order valence-corrected chi connectivity index (χ3v) is 18.8. The van der Waals surface area contributed by atoms with Gasteiger partial charge in [0.15, 0.2) is 0 Å². The van der Waals surface area contributed by atoms with E-state index in [0.29, 0.717) is 5.92 Å². The first-order valence-corrected chi connectivity index (χ1v) is 11.7. The molecule has 0 heterocycles. The average Bonchev–Trinajstić information content (AvgIpc) is 2.77. The molecule has 0 aromatic heterocycles. The first-order valence-electron chi connectivity index (χ1n) is 7.16. The molecule has 3 nitrogen and oxygen atoms in total. The zero-order chi connectivity index (χ0) is 14.8. The van der Waals surface area contributed by atoms with E-state index >= 15 is 0 Å². The van der Waals surface area contributed by atoms with Crippen LogP contribution < -0.4 is 0 Å². The van der Waals surface area contributed by atoms with Crippen molar-refractivity contribution in [2.24, 2.45) is 5.92 Å². The quantitative estimate of drug-likeness (QED) is 0.733. The van der Waals surface area contributed by atoms with Crippen LogP contribution in [0.1, 0.15) is 20.3 Å². The Morgan fingerprint density at radius 3 is 1.53 bits per heavy atom. The molecule has 0 saturated carbocycles. The van der Waals surface area contributed by atoms with Gasteiger partial charge in [-0.2, -0.15) is 0 Å². The third-order valence-electron chi connectivity index (χ3n) is 4.73. The van der Waals surface area contributed by atoms with Gasteiger partial charge in [-0.1, -0.05) is 0 Å². The van der Waals surface area contributed by atoms with E-state index < -0.39 is 21.1 Å². The molecule has 1 atom stereocenters. The first-order chi connectivity index (χ1) is 8.77. The van der Waals surface area contributed by atoms with Gasteiger partial charge < -0.3 is 0 Å². The molecule has 0 amide bonds. The molecule has 0 bridgehead atoms. The summed E-state index contributed by atoms with van der Waals surface area (Å²) in [6, 6.07) is 0. The van der Waals surface area contributed by atoms with Gasteiger partial charge in [0.2, 0.25) is 0 Å². The SMILES string of the molecule is CCC(C)[C]1([Zr]([N](C)C)([N](C)C)[N](C)C)C=CC=C1. The van der Waals surface area contributed by atoms with Gasteiger partial charge in [0, 0.05) is 0 Å². The van der Waals surface area contributed by atoms with E-state index in [-0.39, 0.29) is 3.12 Å². The Hall–Kier alpha value is 0.243. The number of hydrogen-bond donors (Lipinski definition) is 0. The molecule has 19 heavy (non-hydrogen) atoms. The predicted molar refractivity (Wildman–Crippen MR) is 81.5 cm³/mol. The van der Waals surface area contributed by atoms with E-state index in [0.717, 1.165) is 0 Å². The van der Waals surface area contributed by atoms with Crippen molar-refractivity contribution < 1.29 is 21.1 Å². The van der Waals surface area contributed by atoms with Gasteiger partial charge in [0.25, 0.3) is 0 Å². The van der Waals surface area contributed by atoms with E-state index in [4.69, 9.17) is 0 Å². The Labute approximate surface area is 125 Å². The summed E-state index contributed by atoms with van der Waals surface area (Å²) in [5.74, 6) is 0.658. The van der Waals surface area contributed by atoms with Crippen LogP contribution in [-0.4, -0.2) is 50.8 Å². The monoisotopic (exact) mass is 343 g/mol. The molecule has 1 aliphatic rings. The van der Waals surface area contributed by atoms with E-state index in [2.05, 4.69) is 89.0 Å².